The number of fused-ring (bicyclic) bond motifs is 1. The van der Waals surface area contributed by atoms with Crippen molar-refractivity contribution in [2.75, 3.05) is 18.4 Å². The van der Waals surface area contributed by atoms with E-state index in [9.17, 15) is 4.79 Å². The van der Waals surface area contributed by atoms with Crippen LogP contribution in [0.3, 0.4) is 0 Å². The Hall–Kier alpha value is -1.35. The average Bonchev–Trinajstić information content (AvgIpc) is 2.60. The van der Waals surface area contributed by atoms with Crippen LogP contribution < -0.4 is 10.6 Å². The number of piperidine rings is 1. The number of rotatable bonds is 2. The van der Waals surface area contributed by atoms with Gasteiger partial charge in [-0.05, 0) is 62.7 Å². The molecule has 3 rings (SSSR count). The van der Waals surface area contributed by atoms with Gasteiger partial charge in [0.05, 0.1) is 0 Å². The molecule has 2 aliphatic heterocycles. The molecule has 0 radical (unpaired) electrons. The Bertz CT molecular complexity index is 458. The zero-order valence-corrected chi connectivity index (χ0v) is 11.3. The fraction of sp³-hybridized carbons (Fsp3) is 0.562. The van der Waals surface area contributed by atoms with Crippen molar-refractivity contribution in [3.63, 3.8) is 0 Å². The van der Waals surface area contributed by atoms with Crippen LogP contribution in [-0.2, 0) is 11.2 Å². The predicted molar refractivity (Wildman–Crippen MR) is 79.2 cm³/mol. The largest absolute Gasteiger partial charge is 0.326 e. The minimum Gasteiger partial charge on any atom is -0.326 e. The van der Waals surface area contributed by atoms with Crippen LogP contribution in [0.15, 0.2) is 24.3 Å². The molecule has 3 nitrogen and oxygen atoms in total. The second-order valence-electron chi connectivity index (χ2n) is 5.81. The summed E-state index contributed by atoms with van der Waals surface area (Å²) in [6, 6.07) is 8.19. The zero-order chi connectivity index (χ0) is 13.1. The standard InChI is InChI=1S/C16H22N2O.H2/c19-16-14(11-12-7-9-17-10-8-12)6-5-13-3-1-2-4-15(13)18-16;/h1-4,12,14,17H,5-11H2,(H,18,19);1H. The van der Waals surface area contributed by atoms with Gasteiger partial charge in [0.15, 0.2) is 0 Å². The van der Waals surface area contributed by atoms with Crippen LogP contribution in [-0.4, -0.2) is 19.0 Å². The summed E-state index contributed by atoms with van der Waals surface area (Å²) in [4.78, 5) is 12.3. The molecule has 19 heavy (non-hydrogen) atoms. The Balaban J connectivity index is 0.00000147. The van der Waals surface area contributed by atoms with Gasteiger partial charge in [-0.1, -0.05) is 18.2 Å². The molecule has 1 aromatic carbocycles. The maximum atomic E-state index is 12.3. The molecule has 1 atom stereocenters. The van der Waals surface area contributed by atoms with E-state index in [1.807, 2.05) is 12.1 Å². The van der Waals surface area contributed by atoms with Crippen molar-refractivity contribution < 1.29 is 6.22 Å². The summed E-state index contributed by atoms with van der Waals surface area (Å²) in [7, 11) is 0. The van der Waals surface area contributed by atoms with Gasteiger partial charge >= 0.3 is 0 Å². The maximum absolute atomic E-state index is 12.3. The van der Waals surface area contributed by atoms with Crippen LogP contribution in [0.4, 0.5) is 5.69 Å². The number of hydrogen-bond acceptors (Lipinski definition) is 2. The number of amides is 1. The molecule has 1 amide bonds. The van der Waals surface area contributed by atoms with Gasteiger partial charge in [-0.3, -0.25) is 4.79 Å². The number of anilines is 1. The molecule has 2 N–H and O–H groups in total. The van der Waals surface area contributed by atoms with Crippen molar-refractivity contribution in [1.29, 1.82) is 0 Å². The van der Waals surface area contributed by atoms with E-state index in [2.05, 4.69) is 22.8 Å². The number of carbonyl (C=O) groups excluding carboxylic acids is 1. The Morgan fingerprint density at radius 2 is 1.95 bits per heavy atom. The van der Waals surface area contributed by atoms with E-state index < -0.39 is 0 Å². The molecule has 3 heteroatoms. The van der Waals surface area contributed by atoms with Gasteiger partial charge in [-0.25, -0.2) is 0 Å². The fourth-order valence-electron chi connectivity index (χ4n) is 3.30. The number of para-hydroxylation sites is 1. The van der Waals surface area contributed by atoms with E-state index >= 15 is 0 Å². The highest BCUT2D eigenvalue weighted by Gasteiger charge is 2.26. The van der Waals surface area contributed by atoms with E-state index in [4.69, 9.17) is 0 Å². The first-order valence-corrected chi connectivity index (χ1v) is 7.42. The fourth-order valence-corrected chi connectivity index (χ4v) is 3.30. The molecule has 0 aromatic heterocycles. The third kappa shape index (κ3) is 2.98. The van der Waals surface area contributed by atoms with Gasteiger partial charge in [0.2, 0.25) is 5.91 Å². The average molecular weight is 260 g/mol. The molecule has 0 spiro atoms. The minimum atomic E-state index is 0. The second kappa shape index (κ2) is 5.74. The van der Waals surface area contributed by atoms with Crippen LogP contribution in [0.2, 0.25) is 0 Å². The topological polar surface area (TPSA) is 41.1 Å². The molecule has 1 saturated heterocycles. The Kier molecular flexibility index (Phi) is 3.83. The van der Waals surface area contributed by atoms with Crippen molar-refractivity contribution in [2.24, 2.45) is 11.8 Å². The number of aryl methyl sites for hydroxylation is 1. The summed E-state index contributed by atoms with van der Waals surface area (Å²) in [6.07, 6.45) is 5.51. The first kappa shape index (κ1) is 12.7. The monoisotopic (exact) mass is 260 g/mol. The number of nitrogens with one attached hydrogen (secondary N) is 2. The van der Waals surface area contributed by atoms with Crippen LogP contribution in [0.5, 0.6) is 0 Å². The predicted octanol–water partition coefficient (Wildman–Crippen LogP) is 2.82. The molecule has 0 bridgehead atoms. The maximum Gasteiger partial charge on any atom is 0.227 e. The Morgan fingerprint density at radius 3 is 2.79 bits per heavy atom. The van der Waals surface area contributed by atoms with Crippen LogP contribution in [0.25, 0.3) is 0 Å². The van der Waals surface area contributed by atoms with Crippen molar-refractivity contribution in [2.45, 2.75) is 32.1 Å². The van der Waals surface area contributed by atoms with Gasteiger partial charge in [0.1, 0.15) is 0 Å². The van der Waals surface area contributed by atoms with E-state index in [-0.39, 0.29) is 13.3 Å². The van der Waals surface area contributed by atoms with E-state index in [0.29, 0.717) is 0 Å². The number of hydrogen-bond donors (Lipinski definition) is 2. The van der Waals surface area contributed by atoms with E-state index in [0.717, 1.165) is 44.0 Å². The van der Waals surface area contributed by atoms with Crippen LogP contribution in [0, 0.1) is 11.8 Å². The SMILES string of the molecule is O=C1Nc2ccccc2CCC1CC1CCNCC1.[HH]. The quantitative estimate of drug-likeness (QED) is 0.858. The summed E-state index contributed by atoms with van der Waals surface area (Å²) in [5, 5.41) is 6.50. The molecule has 1 aromatic rings. The van der Waals surface area contributed by atoms with Crippen molar-refractivity contribution >= 4 is 11.6 Å². The highest BCUT2D eigenvalue weighted by Crippen LogP contribution is 2.29. The van der Waals surface area contributed by atoms with Crippen molar-refractivity contribution in [1.82, 2.24) is 5.32 Å². The molecule has 2 heterocycles. The lowest BCUT2D eigenvalue weighted by atomic mass is 9.85. The summed E-state index contributed by atoms with van der Waals surface area (Å²) >= 11 is 0. The zero-order valence-electron chi connectivity index (χ0n) is 11.3. The molecule has 1 fully saturated rings. The summed E-state index contributed by atoms with van der Waals surface area (Å²) in [5.74, 6) is 1.14. The Labute approximate surface area is 116 Å². The third-order valence-corrected chi connectivity index (χ3v) is 4.48. The first-order chi connectivity index (χ1) is 9.33. The molecule has 1 unspecified atom stereocenters. The van der Waals surface area contributed by atoms with E-state index in [1.165, 1.54) is 18.4 Å². The van der Waals surface area contributed by atoms with Gasteiger partial charge in [-0.15, -0.1) is 0 Å². The van der Waals surface area contributed by atoms with E-state index in [1.54, 1.807) is 0 Å². The number of benzene rings is 1. The molecular weight excluding hydrogens is 236 g/mol. The second-order valence-corrected chi connectivity index (χ2v) is 5.81. The number of carbonyl (C=O) groups is 1. The normalized spacial score (nSPS) is 24.4. The lowest BCUT2D eigenvalue weighted by Crippen LogP contribution is -2.31. The Morgan fingerprint density at radius 1 is 1.16 bits per heavy atom. The third-order valence-electron chi connectivity index (χ3n) is 4.48. The van der Waals surface area contributed by atoms with Crippen LogP contribution >= 0.6 is 0 Å². The molecule has 2 aliphatic rings. The van der Waals surface area contributed by atoms with Crippen molar-refractivity contribution in [3.8, 4) is 0 Å². The lowest BCUT2D eigenvalue weighted by molar-refractivity contribution is -0.120. The smallest absolute Gasteiger partial charge is 0.227 e. The summed E-state index contributed by atoms with van der Waals surface area (Å²) in [6.45, 7) is 2.22. The minimum absolute atomic E-state index is 0. The highest BCUT2D eigenvalue weighted by atomic mass is 16.1. The summed E-state index contributed by atoms with van der Waals surface area (Å²) < 4.78 is 0. The molecule has 0 aliphatic carbocycles. The van der Waals surface area contributed by atoms with Gasteiger partial charge < -0.3 is 10.6 Å². The van der Waals surface area contributed by atoms with Crippen LogP contribution in [0.1, 0.15) is 32.7 Å². The summed E-state index contributed by atoms with van der Waals surface area (Å²) in [5.41, 5.74) is 2.30. The highest BCUT2D eigenvalue weighted by molar-refractivity contribution is 5.94. The van der Waals surface area contributed by atoms with Gasteiger partial charge in [-0.2, -0.15) is 0 Å². The van der Waals surface area contributed by atoms with Crippen molar-refractivity contribution in [3.05, 3.63) is 29.8 Å². The van der Waals surface area contributed by atoms with Gasteiger partial charge in [0, 0.05) is 13.0 Å². The lowest BCUT2D eigenvalue weighted by Gasteiger charge is -2.25. The molecule has 104 valence electrons. The molecule has 0 saturated carbocycles. The first-order valence-electron chi connectivity index (χ1n) is 7.42. The molecular formula is C16H24N2O. The van der Waals surface area contributed by atoms with Gasteiger partial charge in [0.25, 0.3) is 0 Å².